The van der Waals surface area contributed by atoms with Crippen molar-refractivity contribution in [1.82, 2.24) is 14.9 Å². The fourth-order valence-corrected chi connectivity index (χ4v) is 3.33. The van der Waals surface area contributed by atoms with E-state index >= 15 is 0 Å². The van der Waals surface area contributed by atoms with E-state index in [2.05, 4.69) is 9.97 Å². The van der Waals surface area contributed by atoms with Crippen molar-refractivity contribution >= 4 is 11.8 Å². The van der Waals surface area contributed by atoms with E-state index in [-0.39, 0.29) is 5.56 Å². The molecule has 2 aromatic rings. The van der Waals surface area contributed by atoms with Crippen LogP contribution >= 0.6 is 11.8 Å². The number of fused-ring (bicyclic) bond motifs is 1. The standard InChI is InChI=1S/C14H13F2N3O2S/c15-8-1-2-12(10(16)5-8)22-4-3-19-6-9-11(7-19)17-14(21)18-13(9)20/h1-2,5H,3-4,6-7H2,(H2,17,18,20,21). The Bertz CT molecular complexity index is 818. The van der Waals surface area contributed by atoms with Crippen LogP contribution in [0.15, 0.2) is 32.7 Å². The number of hydrogen-bond acceptors (Lipinski definition) is 4. The number of hydrogen-bond donors (Lipinski definition) is 2. The normalized spacial score (nSPS) is 14.3. The highest BCUT2D eigenvalue weighted by Gasteiger charge is 2.22. The Hall–Kier alpha value is -1.93. The fourth-order valence-electron chi connectivity index (χ4n) is 2.40. The second kappa shape index (κ2) is 6.05. The van der Waals surface area contributed by atoms with Crippen LogP contribution in [-0.4, -0.2) is 27.2 Å². The SMILES string of the molecule is O=c1[nH]c2c(c(=O)[nH]1)CN(CCSc1ccc(F)cc1F)C2. The number of aromatic amines is 2. The van der Waals surface area contributed by atoms with E-state index in [1.807, 2.05) is 4.90 Å². The molecule has 1 aliphatic heterocycles. The average molecular weight is 325 g/mol. The Morgan fingerprint density at radius 1 is 1.18 bits per heavy atom. The lowest BCUT2D eigenvalue weighted by Gasteiger charge is -2.13. The molecule has 8 heteroatoms. The van der Waals surface area contributed by atoms with Gasteiger partial charge in [-0.05, 0) is 12.1 Å². The molecule has 0 aliphatic carbocycles. The topological polar surface area (TPSA) is 69.0 Å². The van der Waals surface area contributed by atoms with E-state index in [9.17, 15) is 18.4 Å². The summed E-state index contributed by atoms with van der Waals surface area (Å²) in [5.41, 5.74) is 0.330. The van der Waals surface area contributed by atoms with Gasteiger partial charge in [0.1, 0.15) is 11.6 Å². The molecule has 0 fully saturated rings. The van der Waals surface area contributed by atoms with Gasteiger partial charge in [0.25, 0.3) is 5.56 Å². The third-order valence-electron chi connectivity index (χ3n) is 3.45. The first kappa shape index (κ1) is 15.0. The molecule has 2 heterocycles. The van der Waals surface area contributed by atoms with Crippen LogP contribution in [0.4, 0.5) is 8.78 Å². The summed E-state index contributed by atoms with van der Waals surface area (Å²) in [6.07, 6.45) is 0. The highest BCUT2D eigenvalue weighted by molar-refractivity contribution is 7.99. The number of nitrogens with zero attached hydrogens (tertiary/aromatic N) is 1. The van der Waals surface area contributed by atoms with Gasteiger partial charge in [-0.2, -0.15) is 0 Å². The Balaban J connectivity index is 1.59. The third-order valence-corrected chi connectivity index (χ3v) is 4.48. The molecular formula is C14H13F2N3O2S. The van der Waals surface area contributed by atoms with Gasteiger partial charge in [0.15, 0.2) is 0 Å². The Morgan fingerprint density at radius 3 is 2.77 bits per heavy atom. The van der Waals surface area contributed by atoms with Crippen LogP contribution in [0.2, 0.25) is 0 Å². The molecule has 0 bridgehead atoms. The van der Waals surface area contributed by atoms with E-state index in [0.717, 1.165) is 6.07 Å². The Kier molecular flexibility index (Phi) is 4.12. The van der Waals surface area contributed by atoms with Crippen molar-refractivity contribution in [3.63, 3.8) is 0 Å². The number of halogens is 2. The monoisotopic (exact) mass is 325 g/mol. The zero-order valence-corrected chi connectivity index (χ0v) is 12.3. The molecule has 3 rings (SSSR count). The molecule has 22 heavy (non-hydrogen) atoms. The second-order valence-corrected chi connectivity index (χ2v) is 6.14. The highest BCUT2D eigenvalue weighted by atomic mass is 32.2. The Labute approximate surface area is 128 Å². The molecule has 2 N–H and O–H groups in total. The average Bonchev–Trinajstić information content (AvgIpc) is 2.84. The zero-order valence-electron chi connectivity index (χ0n) is 11.5. The highest BCUT2D eigenvalue weighted by Crippen LogP contribution is 2.23. The quantitative estimate of drug-likeness (QED) is 0.835. The smallest absolute Gasteiger partial charge is 0.310 e. The lowest BCUT2D eigenvalue weighted by atomic mass is 10.3. The van der Waals surface area contributed by atoms with Crippen LogP contribution in [0.3, 0.4) is 0 Å². The summed E-state index contributed by atoms with van der Waals surface area (Å²) in [7, 11) is 0. The van der Waals surface area contributed by atoms with Gasteiger partial charge in [0, 0.05) is 42.0 Å². The second-order valence-electron chi connectivity index (χ2n) is 5.00. The first-order valence-corrected chi connectivity index (χ1v) is 7.66. The van der Waals surface area contributed by atoms with E-state index in [4.69, 9.17) is 0 Å². The molecule has 1 aliphatic rings. The van der Waals surface area contributed by atoms with Gasteiger partial charge in [0.2, 0.25) is 0 Å². The molecule has 0 saturated heterocycles. The minimum absolute atomic E-state index is 0.363. The van der Waals surface area contributed by atoms with Crippen LogP contribution in [-0.2, 0) is 13.1 Å². The van der Waals surface area contributed by atoms with Crippen molar-refractivity contribution < 1.29 is 8.78 Å². The van der Waals surface area contributed by atoms with E-state index < -0.39 is 17.3 Å². The van der Waals surface area contributed by atoms with Crippen LogP contribution in [0.1, 0.15) is 11.3 Å². The van der Waals surface area contributed by atoms with Crippen molar-refractivity contribution in [2.75, 3.05) is 12.3 Å². The molecule has 0 atom stereocenters. The van der Waals surface area contributed by atoms with Gasteiger partial charge in [-0.25, -0.2) is 13.6 Å². The first-order valence-electron chi connectivity index (χ1n) is 6.67. The summed E-state index contributed by atoms with van der Waals surface area (Å²) < 4.78 is 26.3. The molecule has 1 aromatic carbocycles. The van der Waals surface area contributed by atoms with Gasteiger partial charge in [0.05, 0.1) is 5.56 Å². The zero-order chi connectivity index (χ0) is 15.7. The molecular weight excluding hydrogens is 312 g/mol. The van der Waals surface area contributed by atoms with Gasteiger partial charge >= 0.3 is 5.69 Å². The summed E-state index contributed by atoms with van der Waals surface area (Å²) in [5.74, 6) is -0.575. The molecule has 116 valence electrons. The summed E-state index contributed by atoms with van der Waals surface area (Å²) in [5, 5.41) is 0. The molecule has 1 aromatic heterocycles. The molecule has 0 spiro atoms. The maximum atomic E-state index is 13.5. The molecule has 5 nitrogen and oxygen atoms in total. The van der Waals surface area contributed by atoms with Crippen LogP contribution < -0.4 is 11.2 Å². The number of aromatic nitrogens is 2. The minimum Gasteiger partial charge on any atom is -0.310 e. The van der Waals surface area contributed by atoms with Crippen LogP contribution in [0.25, 0.3) is 0 Å². The maximum Gasteiger partial charge on any atom is 0.325 e. The third kappa shape index (κ3) is 3.12. The minimum atomic E-state index is -0.597. The van der Waals surface area contributed by atoms with Crippen molar-refractivity contribution in [1.29, 1.82) is 0 Å². The van der Waals surface area contributed by atoms with Gasteiger partial charge in [-0.1, -0.05) is 0 Å². The first-order chi connectivity index (χ1) is 10.5. The van der Waals surface area contributed by atoms with Crippen LogP contribution in [0, 0.1) is 11.6 Å². The van der Waals surface area contributed by atoms with E-state index in [1.165, 1.54) is 23.9 Å². The number of benzene rings is 1. The van der Waals surface area contributed by atoms with Gasteiger partial charge < -0.3 is 4.98 Å². The van der Waals surface area contributed by atoms with Gasteiger partial charge in [-0.15, -0.1) is 11.8 Å². The number of nitrogens with one attached hydrogen (secondary N) is 2. The lowest BCUT2D eigenvalue weighted by molar-refractivity contribution is 0.301. The summed E-state index contributed by atoms with van der Waals surface area (Å²) in [6, 6.07) is 3.50. The number of H-pyrrole nitrogens is 2. The van der Waals surface area contributed by atoms with Crippen molar-refractivity contribution in [2.45, 2.75) is 18.0 Å². The van der Waals surface area contributed by atoms with Crippen molar-refractivity contribution in [3.8, 4) is 0 Å². The summed E-state index contributed by atoms with van der Waals surface area (Å²) in [6.45, 7) is 1.56. The lowest BCUT2D eigenvalue weighted by Crippen LogP contribution is -2.25. The molecule has 0 unspecified atom stereocenters. The molecule has 0 amide bonds. The molecule has 0 radical (unpaired) electrons. The maximum absolute atomic E-state index is 13.5. The predicted molar refractivity (Wildman–Crippen MR) is 78.9 cm³/mol. The van der Waals surface area contributed by atoms with E-state index in [0.29, 0.717) is 41.5 Å². The number of thioether (sulfide) groups is 1. The predicted octanol–water partition coefficient (Wildman–Crippen LogP) is 1.45. The fraction of sp³-hybridized carbons (Fsp3) is 0.286. The largest absolute Gasteiger partial charge is 0.325 e. The van der Waals surface area contributed by atoms with Crippen LogP contribution in [0.5, 0.6) is 0 Å². The van der Waals surface area contributed by atoms with Crippen molar-refractivity contribution in [2.24, 2.45) is 0 Å². The van der Waals surface area contributed by atoms with Gasteiger partial charge in [-0.3, -0.25) is 14.7 Å². The number of rotatable bonds is 4. The Morgan fingerprint density at radius 2 is 2.00 bits per heavy atom. The summed E-state index contributed by atoms with van der Waals surface area (Å²) in [4.78, 5) is 30.1. The molecule has 0 saturated carbocycles. The summed E-state index contributed by atoms with van der Waals surface area (Å²) >= 11 is 1.29. The van der Waals surface area contributed by atoms with E-state index in [1.54, 1.807) is 0 Å². The van der Waals surface area contributed by atoms with Crippen molar-refractivity contribution in [3.05, 3.63) is 61.9 Å².